The first-order valence-corrected chi connectivity index (χ1v) is 13.6. The summed E-state index contributed by atoms with van der Waals surface area (Å²) in [5.74, 6) is 1.15. The SMILES string of the molecule is CCOc1cc(/C=N\NC(=O)[C@H](CC(C)C)NC(=O)COc2ccccc2C)ccc1OCc1ccc(Cl)cc1. The van der Waals surface area contributed by atoms with Crippen molar-refractivity contribution in [2.75, 3.05) is 13.2 Å². The number of amides is 2. The molecule has 0 spiro atoms. The molecule has 0 aliphatic rings. The number of hydrogen-bond acceptors (Lipinski definition) is 6. The van der Waals surface area contributed by atoms with Crippen LogP contribution in [0.25, 0.3) is 0 Å². The number of hydrazone groups is 1. The van der Waals surface area contributed by atoms with E-state index >= 15 is 0 Å². The lowest BCUT2D eigenvalue weighted by atomic mass is 10.0. The Morgan fingerprint density at radius 3 is 2.40 bits per heavy atom. The molecule has 0 bridgehead atoms. The number of ether oxygens (including phenoxy) is 3. The first-order chi connectivity index (χ1) is 19.2. The van der Waals surface area contributed by atoms with E-state index in [-0.39, 0.29) is 18.4 Å². The maximum atomic E-state index is 12.9. The monoisotopic (exact) mass is 565 g/mol. The minimum absolute atomic E-state index is 0.173. The van der Waals surface area contributed by atoms with E-state index in [1.165, 1.54) is 6.21 Å². The number of nitrogens with one attached hydrogen (secondary N) is 2. The Hall–Kier alpha value is -4.04. The van der Waals surface area contributed by atoms with Gasteiger partial charge in [0.25, 0.3) is 11.8 Å². The number of carbonyl (C=O) groups is 2. The minimum Gasteiger partial charge on any atom is -0.490 e. The number of hydrogen-bond donors (Lipinski definition) is 2. The van der Waals surface area contributed by atoms with Crippen LogP contribution in [0.5, 0.6) is 17.2 Å². The van der Waals surface area contributed by atoms with Gasteiger partial charge in [-0.25, -0.2) is 5.43 Å². The molecule has 3 aromatic rings. The molecule has 8 nitrogen and oxygen atoms in total. The van der Waals surface area contributed by atoms with Gasteiger partial charge in [-0.3, -0.25) is 9.59 Å². The fraction of sp³-hybridized carbons (Fsp3) is 0.323. The van der Waals surface area contributed by atoms with E-state index < -0.39 is 11.9 Å². The lowest BCUT2D eigenvalue weighted by Gasteiger charge is -2.19. The third-order valence-corrected chi connectivity index (χ3v) is 6.03. The van der Waals surface area contributed by atoms with Gasteiger partial charge in [0, 0.05) is 5.02 Å². The molecule has 0 unspecified atom stereocenters. The van der Waals surface area contributed by atoms with E-state index in [2.05, 4.69) is 15.8 Å². The molecule has 0 aromatic heterocycles. The molecule has 1 atom stereocenters. The minimum atomic E-state index is -0.757. The maximum Gasteiger partial charge on any atom is 0.262 e. The van der Waals surface area contributed by atoms with Crippen LogP contribution >= 0.6 is 11.6 Å². The Balaban J connectivity index is 1.58. The van der Waals surface area contributed by atoms with Gasteiger partial charge in [-0.05, 0) is 79.3 Å². The summed E-state index contributed by atoms with van der Waals surface area (Å²) in [5, 5.41) is 7.52. The van der Waals surface area contributed by atoms with Gasteiger partial charge in [0.05, 0.1) is 12.8 Å². The Morgan fingerprint density at radius 2 is 1.70 bits per heavy atom. The molecule has 0 fully saturated rings. The third-order valence-electron chi connectivity index (χ3n) is 5.77. The van der Waals surface area contributed by atoms with Crippen molar-refractivity contribution in [3.63, 3.8) is 0 Å². The van der Waals surface area contributed by atoms with Crippen molar-refractivity contribution in [2.45, 2.75) is 46.8 Å². The number of carbonyl (C=O) groups excluding carboxylic acids is 2. The number of nitrogens with zero attached hydrogens (tertiary/aromatic N) is 1. The summed E-state index contributed by atoms with van der Waals surface area (Å²) in [5.41, 5.74) is 5.14. The Bertz CT molecular complexity index is 1290. The summed E-state index contributed by atoms with van der Waals surface area (Å²) < 4.78 is 17.3. The molecule has 0 heterocycles. The number of halogens is 1. The van der Waals surface area contributed by atoms with Gasteiger partial charge in [-0.15, -0.1) is 0 Å². The molecule has 2 amide bonds. The highest BCUT2D eigenvalue weighted by Crippen LogP contribution is 2.29. The van der Waals surface area contributed by atoms with Crippen LogP contribution in [0.2, 0.25) is 5.02 Å². The van der Waals surface area contributed by atoms with Gasteiger partial charge >= 0.3 is 0 Å². The first kappa shape index (κ1) is 30.5. The van der Waals surface area contributed by atoms with E-state index in [0.29, 0.717) is 47.5 Å². The quantitative estimate of drug-likeness (QED) is 0.193. The van der Waals surface area contributed by atoms with Crippen LogP contribution in [-0.2, 0) is 16.2 Å². The van der Waals surface area contributed by atoms with Crippen molar-refractivity contribution >= 4 is 29.6 Å². The van der Waals surface area contributed by atoms with Crippen LogP contribution in [0, 0.1) is 12.8 Å². The average Bonchev–Trinajstić information content (AvgIpc) is 2.92. The lowest BCUT2D eigenvalue weighted by Crippen LogP contribution is -2.47. The molecule has 0 saturated heterocycles. The van der Waals surface area contributed by atoms with E-state index in [1.54, 1.807) is 18.2 Å². The van der Waals surface area contributed by atoms with Gasteiger partial charge in [0.2, 0.25) is 0 Å². The summed E-state index contributed by atoms with van der Waals surface area (Å²) in [6, 6.07) is 19.5. The molecular weight excluding hydrogens is 530 g/mol. The maximum absolute atomic E-state index is 12.9. The van der Waals surface area contributed by atoms with Crippen LogP contribution < -0.4 is 25.0 Å². The molecular formula is C31H36ClN3O5. The molecule has 0 aliphatic carbocycles. The van der Waals surface area contributed by atoms with E-state index in [4.69, 9.17) is 25.8 Å². The summed E-state index contributed by atoms with van der Waals surface area (Å²) >= 11 is 5.95. The summed E-state index contributed by atoms with van der Waals surface area (Å²) in [4.78, 5) is 25.4. The van der Waals surface area contributed by atoms with Crippen molar-refractivity contribution < 1.29 is 23.8 Å². The summed E-state index contributed by atoms with van der Waals surface area (Å²) in [6.07, 6.45) is 1.96. The van der Waals surface area contributed by atoms with Crippen molar-refractivity contribution in [3.8, 4) is 17.2 Å². The van der Waals surface area contributed by atoms with Crippen molar-refractivity contribution in [3.05, 3.63) is 88.4 Å². The van der Waals surface area contributed by atoms with Gasteiger partial charge in [-0.1, -0.05) is 55.8 Å². The second-order valence-electron chi connectivity index (χ2n) is 9.59. The van der Waals surface area contributed by atoms with Crippen molar-refractivity contribution in [1.82, 2.24) is 10.7 Å². The number of aryl methyl sites for hydroxylation is 1. The Labute approximate surface area is 240 Å². The molecule has 212 valence electrons. The van der Waals surface area contributed by atoms with Gasteiger partial charge in [0.15, 0.2) is 18.1 Å². The van der Waals surface area contributed by atoms with Crippen LogP contribution in [-0.4, -0.2) is 37.3 Å². The number of rotatable bonds is 14. The average molecular weight is 566 g/mol. The smallest absolute Gasteiger partial charge is 0.262 e. The van der Waals surface area contributed by atoms with Gasteiger partial charge in [-0.2, -0.15) is 5.10 Å². The molecule has 0 saturated carbocycles. The van der Waals surface area contributed by atoms with E-state index in [0.717, 1.165) is 11.1 Å². The zero-order valence-electron chi connectivity index (χ0n) is 23.3. The fourth-order valence-electron chi connectivity index (χ4n) is 3.78. The largest absolute Gasteiger partial charge is 0.490 e. The Morgan fingerprint density at radius 1 is 0.950 bits per heavy atom. The summed E-state index contributed by atoms with van der Waals surface area (Å²) in [6.45, 7) is 8.37. The Kier molecular flexibility index (Phi) is 11.8. The third kappa shape index (κ3) is 9.93. The topological polar surface area (TPSA) is 98.2 Å². The standard InChI is InChI=1S/C31H36ClN3O5/c1-5-38-29-17-24(12-15-28(29)39-19-23-10-13-25(32)14-11-23)18-33-35-31(37)26(16-21(2)3)34-30(36)20-40-27-9-7-6-8-22(27)4/h6-15,17-18,21,26H,5,16,19-20H2,1-4H3,(H,34,36)(H,35,37)/b33-18-/t26-/m0/s1. The molecule has 0 radical (unpaired) electrons. The predicted molar refractivity (Wildman–Crippen MR) is 157 cm³/mol. The first-order valence-electron chi connectivity index (χ1n) is 13.2. The predicted octanol–water partition coefficient (Wildman–Crippen LogP) is 5.69. The zero-order chi connectivity index (χ0) is 28.9. The molecule has 40 heavy (non-hydrogen) atoms. The molecule has 0 aliphatic heterocycles. The highest BCUT2D eigenvalue weighted by Gasteiger charge is 2.22. The van der Waals surface area contributed by atoms with Gasteiger partial charge in [0.1, 0.15) is 18.4 Å². The molecule has 9 heteroatoms. The zero-order valence-corrected chi connectivity index (χ0v) is 24.0. The lowest BCUT2D eigenvalue weighted by molar-refractivity contribution is -0.130. The van der Waals surface area contributed by atoms with Crippen LogP contribution in [0.4, 0.5) is 0 Å². The number of benzene rings is 3. The normalized spacial score (nSPS) is 11.8. The fourth-order valence-corrected chi connectivity index (χ4v) is 3.91. The number of para-hydroxylation sites is 1. The highest BCUT2D eigenvalue weighted by molar-refractivity contribution is 6.30. The van der Waals surface area contributed by atoms with Crippen molar-refractivity contribution in [1.29, 1.82) is 0 Å². The van der Waals surface area contributed by atoms with E-state index in [9.17, 15) is 9.59 Å². The van der Waals surface area contributed by atoms with Gasteiger partial charge < -0.3 is 19.5 Å². The van der Waals surface area contributed by atoms with Crippen molar-refractivity contribution in [2.24, 2.45) is 11.0 Å². The van der Waals surface area contributed by atoms with Crippen LogP contribution in [0.15, 0.2) is 71.8 Å². The molecule has 3 rings (SSSR count). The molecule has 2 N–H and O–H groups in total. The molecule has 3 aromatic carbocycles. The summed E-state index contributed by atoms with van der Waals surface area (Å²) in [7, 11) is 0. The van der Waals surface area contributed by atoms with Crippen LogP contribution in [0.3, 0.4) is 0 Å². The van der Waals surface area contributed by atoms with Crippen LogP contribution in [0.1, 0.15) is 43.9 Å². The van der Waals surface area contributed by atoms with E-state index in [1.807, 2.05) is 76.2 Å². The second-order valence-corrected chi connectivity index (χ2v) is 10.0. The second kappa shape index (κ2) is 15.5. The highest BCUT2D eigenvalue weighted by atomic mass is 35.5.